The van der Waals surface area contributed by atoms with Crippen molar-refractivity contribution in [2.45, 2.75) is 25.2 Å². The van der Waals surface area contributed by atoms with Gasteiger partial charge in [0.1, 0.15) is 0 Å². The highest BCUT2D eigenvalue weighted by Crippen LogP contribution is 2.30. The molecular weight excluding hydrogens is 370 g/mol. The molecule has 134 valence electrons. The number of nitrogens with zero attached hydrogens (tertiary/aromatic N) is 3. The van der Waals surface area contributed by atoms with E-state index in [1.54, 1.807) is 11.3 Å². The zero-order chi connectivity index (χ0) is 17.9. The van der Waals surface area contributed by atoms with Gasteiger partial charge in [-0.2, -0.15) is 4.98 Å². The van der Waals surface area contributed by atoms with Crippen LogP contribution in [0.1, 0.15) is 30.2 Å². The predicted octanol–water partition coefficient (Wildman–Crippen LogP) is 4.40. The predicted molar refractivity (Wildman–Crippen MR) is 101 cm³/mol. The first kappa shape index (κ1) is 17.2. The number of aromatic nitrogens is 2. The highest BCUT2D eigenvalue weighted by molar-refractivity contribution is 7.13. The molecular formula is C19H18ClN3O2S. The molecule has 1 aromatic carbocycles. The summed E-state index contributed by atoms with van der Waals surface area (Å²) in [5.41, 5.74) is 0.985. The molecule has 0 atom stereocenters. The molecule has 0 bridgehead atoms. The van der Waals surface area contributed by atoms with Crippen molar-refractivity contribution in [3.8, 4) is 10.7 Å². The molecule has 4 rings (SSSR count). The Morgan fingerprint density at radius 1 is 1.23 bits per heavy atom. The Bertz CT molecular complexity index is 869. The molecule has 1 amide bonds. The topological polar surface area (TPSA) is 59.2 Å². The zero-order valence-electron chi connectivity index (χ0n) is 14.1. The Labute approximate surface area is 160 Å². The molecule has 7 heteroatoms. The zero-order valence-corrected chi connectivity index (χ0v) is 15.7. The second kappa shape index (κ2) is 7.60. The van der Waals surface area contributed by atoms with E-state index in [1.165, 1.54) is 0 Å². The molecule has 0 unspecified atom stereocenters. The van der Waals surface area contributed by atoms with Crippen LogP contribution in [0.2, 0.25) is 5.02 Å². The van der Waals surface area contributed by atoms with Crippen molar-refractivity contribution < 1.29 is 9.32 Å². The van der Waals surface area contributed by atoms with Crippen LogP contribution in [-0.2, 0) is 11.2 Å². The molecule has 3 aromatic rings. The Morgan fingerprint density at radius 3 is 2.69 bits per heavy atom. The maximum absolute atomic E-state index is 12.5. The lowest BCUT2D eigenvalue weighted by Gasteiger charge is -2.30. The molecule has 0 saturated carbocycles. The maximum atomic E-state index is 12.5. The maximum Gasteiger partial charge on any atom is 0.230 e. The summed E-state index contributed by atoms with van der Waals surface area (Å²) in [7, 11) is 0. The van der Waals surface area contributed by atoms with Crippen LogP contribution in [0.5, 0.6) is 0 Å². The summed E-state index contributed by atoms with van der Waals surface area (Å²) in [6.07, 6.45) is 2.10. The van der Waals surface area contributed by atoms with E-state index in [9.17, 15) is 4.79 Å². The van der Waals surface area contributed by atoms with Gasteiger partial charge < -0.3 is 9.42 Å². The summed E-state index contributed by atoms with van der Waals surface area (Å²) in [5, 5.41) is 6.76. The molecule has 26 heavy (non-hydrogen) atoms. The van der Waals surface area contributed by atoms with Gasteiger partial charge in [-0.05, 0) is 42.0 Å². The van der Waals surface area contributed by atoms with Crippen LogP contribution in [0.25, 0.3) is 10.7 Å². The summed E-state index contributed by atoms with van der Waals surface area (Å²) >= 11 is 7.49. The Kier molecular flexibility index (Phi) is 5.04. The molecule has 1 aliphatic rings. The normalized spacial score (nSPS) is 15.3. The van der Waals surface area contributed by atoms with Crippen molar-refractivity contribution in [1.29, 1.82) is 0 Å². The molecule has 0 spiro atoms. The summed E-state index contributed by atoms with van der Waals surface area (Å²) in [4.78, 5) is 20.0. The Hall–Kier alpha value is -2.18. The van der Waals surface area contributed by atoms with Crippen LogP contribution < -0.4 is 0 Å². The van der Waals surface area contributed by atoms with Gasteiger partial charge in [-0.25, -0.2) is 0 Å². The molecule has 1 saturated heterocycles. The molecule has 1 fully saturated rings. The Balaban J connectivity index is 1.33. The van der Waals surface area contributed by atoms with Gasteiger partial charge >= 0.3 is 0 Å². The number of piperidine rings is 1. The Morgan fingerprint density at radius 2 is 2.00 bits per heavy atom. The van der Waals surface area contributed by atoms with Crippen LogP contribution in [0, 0.1) is 0 Å². The van der Waals surface area contributed by atoms with Crippen molar-refractivity contribution in [1.82, 2.24) is 15.0 Å². The van der Waals surface area contributed by atoms with Gasteiger partial charge in [0, 0.05) is 24.0 Å². The number of carbonyl (C=O) groups excluding carboxylic acids is 1. The van der Waals surface area contributed by atoms with Crippen molar-refractivity contribution in [2.75, 3.05) is 13.1 Å². The summed E-state index contributed by atoms with van der Waals surface area (Å²) in [6, 6.07) is 11.4. The second-order valence-corrected chi connectivity index (χ2v) is 7.78. The van der Waals surface area contributed by atoms with E-state index in [0.717, 1.165) is 23.3 Å². The minimum absolute atomic E-state index is 0.149. The summed E-state index contributed by atoms with van der Waals surface area (Å²) in [5.74, 6) is 1.70. The molecule has 0 radical (unpaired) electrons. The van der Waals surface area contributed by atoms with Gasteiger partial charge in [0.15, 0.2) is 0 Å². The minimum atomic E-state index is 0.149. The van der Waals surface area contributed by atoms with Crippen LogP contribution in [0.3, 0.4) is 0 Å². The van der Waals surface area contributed by atoms with Gasteiger partial charge in [0.05, 0.1) is 11.3 Å². The third kappa shape index (κ3) is 3.81. The molecule has 2 aromatic heterocycles. The summed E-state index contributed by atoms with van der Waals surface area (Å²) in [6.45, 7) is 1.43. The standard InChI is InChI=1S/C19H18ClN3O2S/c20-15-5-3-13(4-6-15)12-17(24)23-9-7-14(8-10-23)19-21-18(22-25-19)16-2-1-11-26-16/h1-6,11,14H,7-10,12H2. The first-order valence-corrected chi connectivity index (χ1v) is 9.84. The molecule has 3 heterocycles. The minimum Gasteiger partial charge on any atom is -0.342 e. The average Bonchev–Trinajstić information content (AvgIpc) is 3.35. The molecule has 5 nitrogen and oxygen atoms in total. The van der Waals surface area contributed by atoms with E-state index in [-0.39, 0.29) is 11.8 Å². The van der Waals surface area contributed by atoms with E-state index in [0.29, 0.717) is 36.2 Å². The van der Waals surface area contributed by atoms with Gasteiger partial charge in [-0.1, -0.05) is 35.0 Å². The second-order valence-electron chi connectivity index (χ2n) is 6.39. The van der Waals surface area contributed by atoms with Crippen LogP contribution in [0.15, 0.2) is 46.3 Å². The SMILES string of the molecule is O=C(Cc1ccc(Cl)cc1)N1CCC(c2nc(-c3cccs3)no2)CC1. The fraction of sp³-hybridized carbons (Fsp3) is 0.316. The van der Waals surface area contributed by atoms with Crippen LogP contribution in [-0.4, -0.2) is 34.0 Å². The fourth-order valence-electron chi connectivity index (χ4n) is 3.17. The van der Waals surface area contributed by atoms with Crippen molar-refractivity contribution in [3.63, 3.8) is 0 Å². The number of carbonyl (C=O) groups is 1. The van der Waals surface area contributed by atoms with Crippen molar-refractivity contribution >= 4 is 28.8 Å². The smallest absolute Gasteiger partial charge is 0.230 e. The quantitative estimate of drug-likeness (QED) is 0.665. The average molecular weight is 388 g/mol. The van der Waals surface area contributed by atoms with Gasteiger partial charge in [0.25, 0.3) is 0 Å². The lowest BCUT2D eigenvalue weighted by molar-refractivity contribution is -0.131. The van der Waals surface area contributed by atoms with E-state index in [1.807, 2.05) is 46.7 Å². The van der Waals surface area contributed by atoms with Crippen molar-refractivity contribution in [3.05, 3.63) is 58.3 Å². The van der Waals surface area contributed by atoms with E-state index in [2.05, 4.69) is 10.1 Å². The third-order valence-electron chi connectivity index (χ3n) is 4.65. The number of amides is 1. The number of benzene rings is 1. The highest BCUT2D eigenvalue weighted by Gasteiger charge is 2.27. The largest absolute Gasteiger partial charge is 0.342 e. The number of likely N-dealkylation sites (tertiary alicyclic amines) is 1. The van der Waals surface area contributed by atoms with Crippen LogP contribution >= 0.6 is 22.9 Å². The van der Waals surface area contributed by atoms with Gasteiger partial charge in [0.2, 0.25) is 17.6 Å². The number of halogens is 1. The van der Waals surface area contributed by atoms with E-state index >= 15 is 0 Å². The van der Waals surface area contributed by atoms with Gasteiger partial charge in [-0.15, -0.1) is 11.3 Å². The number of thiophene rings is 1. The monoisotopic (exact) mass is 387 g/mol. The molecule has 0 N–H and O–H groups in total. The first-order chi connectivity index (χ1) is 12.7. The van der Waals surface area contributed by atoms with E-state index < -0.39 is 0 Å². The molecule has 0 aliphatic carbocycles. The van der Waals surface area contributed by atoms with E-state index in [4.69, 9.17) is 16.1 Å². The number of hydrogen-bond donors (Lipinski definition) is 0. The highest BCUT2D eigenvalue weighted by atomic mass is 35.5. The number of hydrogen-bond acceptors (Lipinski definition) is 5. The lowest BCUT2D eigenvalue weighted by atomic mass is 9.96. The lowest BCUT2D eigenvalue weighted by Crippen LogP contribution is -2.38. The first-order valence-electron chi connectivity index (χ1n) is 8.59. The van der Waals surface area contributed by atoms with Crippen molar-refractivity contribution in [2.24, 2.45) is 0 Å². The van der Waals surface area contributed by atoms with Gasteiger partial charge in [-0.3, -0.25) is 4.79 Å². The van der Waals surface area contributed by atoms with Crippen LogP contribution in [0.4, 0.5) is 0 Å². The third-order valence-corrected chi connectivity index (χ3v) is 5.77. The number of rotatable bonds is 4. The molecule has 1 aliphatic heterocycles. The summed E-state index contributed by atoms with van der Waals surface area (Å²) < 4.78 is 5.46. The fourth-order valence-corrected chi connectivity index (χ4v) is 3.95.